The number of benzene rings is 1. The van der Waals surface area contributed by atoms with Crippen LogP contribution in [0.5, 0.6) is 0 Å². The lowest BCUT2D eigenvalue weighted by molar-refractivity contribution is -0.144. The van der Waals surface area contributed by atoms with Gasteiger partial charge in [0.05, 0.1) is 5.52 Å². The van der Waals surface area contributed by atoms with Crippen LogP contribution in [0.1, 0.15) is 56.8 Å². The number of hydrogen-bond donors (Lipinski definition) is 2. The van der Waals surface area contributed by atoms with Crippen LogP contribution in [0, 0.1) is 0 Å². The molecule has 0 unspecified atom stereocenters. The molecule has 1 aromatic heterocycles. The summed E-state index contributed by atoms with van der Waals surface area (Å²) in [4.78, 5) is 37.5. The summed E-state index contributed by atoms with van der Waals surface area (Å²) in [5.74, 6) is -1.78. The molecule has 1 heterocycles. The number of pyridine rings is 1. The van der Waals surface area contributed by atoms with Crippen molar-refractivity contribution in [2.45, 2.75) is 58.5 Å². The van der Waals surface area contributed by atoms with Crippen molar-refractivity contribution >= 4 is 34.4 Å². The standard InChI is InChI=1S/C20H25ClN2O4/c1-4-7-10-23-16-12-14(21)9-8-13(16)11-15(18(23)25)17(24)22-20(5-2,6-3)19(26)27/h8-9,11-12H,4-7,10H2,1-3H3,(H,22,24)(H,26,27). The zero-order valence-electron chi connectivity index (χ0n) is 15.8. The number of aromatic nitrogens is 1. The van der Waals surface area contributed by atoms with Crippen molar-refractivity contribution in [3.63, 3.8) is 0 Å². The fraction of sp³-hybridized carbons (Fsp3) is 0.450. The number of amides is 1. The number of carbonyl (C=O) groups is 2. The van der Waals surface area contributed by atoms with E-state index in [9.17, 15) is 19.5 Å². The second-order valence-corrected chi connectivity index (χ2v) is 7.06. The predicted molar refractivity (Wildman–Crippen MR) is 107 cm³/mol. The predicted octanol–water partition coefficient (Wildman–Crippen LogP) is 3.83. The average Bonchev–Trinajstić information content (AvgIpc) is 2.64. The number of halogens is 1. The summed E-state index contributed by atoms with van der Waals surface area (Å²) < 4.78 is 1.54. The number of aliphatic carboxylic acids is 1. The van der Waals surface area contributed by atoms with Gasteiger partial charge >= 0.3 is 5.97 Å². The molecular formula is C20H25ClN2O4. The van der Waals surface area contributed by atoms with Crippen LogP contribution in [0.25, 0.3) is 10.9 Å². The molecule has 0 bridgehead atoms. The van der Waals surface area contributed by atoms with Crippen molar-refractivity contribution in [3.8, 4) is 0 Å². The Morgan fingerprint density at radius 2 is 1.85 bits per heavy atom. The normalized spacial score (nSPS) is 11.6. The monoisotopic (exact) mass is 392 g/mol. The lowest BCUT2D eigenvalue weighted by Gasteiger charge is -2.28. The molecule has 1 amide bonds. The first-order valence-corrected chi connectivity index (χ1v) is 9.56. The van der Waals surface area contributed by atoms with E-state index >= 15 is 0 Å². The molecule has 146 valence electrons. The highest BCUT2D eigenvalue weighted by Crippen LogP contribution is 2.21. The van der Waals surface area contributed by atoms with Gasteiger partial charge in [0.25, 0.3) is 11.5 Å². The van der Waals surface area contributed by atoms with Crippen molar-refractivity contribution in [1.29, 1.82) is 0 Å². The van der Waals surface area contributed by atoms with E-state index in [1.807, 2.05) is 6.92 Å². The first kappa shape index (κ1) is 21.0. The lowest BCUT2D eigenvalue weighted by atomic mass is 9.92. The zero-order valence-corrected chi connectivity index (χ0v) is 16.6. The minimum Gasteiger partial charge on any atom is -0.480 e. The molecule has 0 spiro atoms. The number of aryl methyl sites for hydroxylation is 1. The highest BCUT2D eigenvalue weighted by Gasteiger charge is 2.37. The van der Waals surface area contributed by atoms with Gasteiger partial charge in [-0.3, -0.25) is 9.59 Å². The minimum atomic E-state index is -1.40. The van der Waals surface area contributed by atoms with Crippen LogP contribution >= 0.6 is 11.6 Å². The van der Waals surface area contributed by atoms with Crippen molar-refractivity contribution < 1.29 is 14.7 Å². The molecule has 6 nitrogen and oxygen atoms in total. The van der Waals surface area contributed by atoms with E-state index in [-0.39, 0.29) is 18.4 Å². The summed E-state index contributed by atoms with van der Waals surface area (Å²) in [5, 5.41) is 13.3. The number of nitrogens with one attached hydrogen (secondary N) is 1. The fourth-order valence-corrected chi connectivity index (χ4v) is 3.28. The van der Waals surface area contributed by atoms with Crippen molar-refractivity contribution in [2.75, 3.05) is 0 Å². The van der Waals surface area contributed by atoms with E-state index in [2.05, 4.69) is 5.32 Å². The highest BCUT2D eigenvalue weighted by atomic mass is 35.5. The van der Waals surface area contributed by atoms with E-state index in [1.54, 1.807) is 36.6 Å². The number of nitrogens with zero attached hydrogens (tertiary/aromatic N) is 1. The molecule has 1 aromatic carbocycles. The summed E-state index contributed by atoms with van der Waals surface area (Å²) in [5.41, 5.74) is -1.24. The van der Waals surface area contributed by atoms with Crippen molar-refractivity contribution in [2.24, 2.45) is 0 Å². The average molecular weight is 393 g/mol. The van der Waals surface area contributed by atoms with Gasteiger partial charge in [-0.25, -0.2) is 4.79 Å². The SMILES string of the molecule is CCCCn1c(=O)c(C(=O)NC(CC)(CC)C(=O)O)cc2ccc(Cl)cc21. The van der Waals surface area contributed by atoms with Crippen LogP contribution in [0.2, 0.25) is 5.02 Å². The topological polar surface area (TPSA) is 88.4 Å². The number of fused-ring (bicyclic) bond motifs is 1. The van der Waals surface area contributed by atoms with E-state index in [0.29, 0.717) is 22.5 Å². The van der Waals surface area contributed by atoms with Gasteiger partial charge < -0.3 is 15.0 Å². The first-order chi connectivity index (χ1) is 12.8. The van der Waals surface area contributed by atoms with E-state index in [4.69, 9.17) is 11.6 Å². The Bertz CT molecular complexity index is 916. The van der Waals surface area contributed by atoms with Crippen LogP contribution in [-0.4, -0.2) is 27.1 Å². The van der Waals surface area contributed by atoms with Crippen molar-refractivity contribution in [3.05, 3.63) is 45.2 Å². The van der Waals surface area contributed by atoms with Gasteiger partial charge in [0.15, 0.2) is 0 Å². The molecule has 2 N–H and O–H groups in total. The van der Waals surface area contributed by atoms with E-state index in [0.717, 1.165) is 12.8 Å². The van der Waals surface area contributed by atoms with Crippen LogP contribution in [-0.2, 0) is 11.3 Å². The number of carbonyl (C=O) groups excluding carboxylic acids is 1. The Hall–Kier alpha value is -2.34. The van der Waals surface area contributed by atoms with Gasteiger partial charge in [0.1, 0.15) is 11.1 Å². The molecule has 0 aliphatic carbocycles. The lowest BCUT2D eigenvalue weighted by Crippen LogP contribution is -2.54. The number of unbranched alkanes of at least 4 members (excludes halogenated alkanes) is 1. The maximum absolute atomic E-state index is 13.0. The molecule has 0 fully saturated rings. The summed E-state index contributed by atoms with van der Waals surface area (Å²) in [6.07, 6.45) is 2.10. The Balaban J connectivity index is 2.59. The van der Waals surface area contributed by atoms with Gasteiger partial charge in [-0.2, -0.15) is 0 Å². The molecule has 0 saturated heterocycles. The highest BCUT2D eigenvalue weighted by molar-refractivity contribution is 6.31. The summed E-state index contributed by atoms with van der Waals surface area (Å²) in [6.45, 7) is 5.86. The largest absolute Gasteiger partial charge is 0.480 e. The second kappa shape index (κ2) is 8.57. The molecule has 0 aliphatic rings. The molecule has 2 aromatic rings. The number of hydrogen-bond acceptors (Lipinski definition) is 3. The van der Waals surface area contributed by atoms with Crippen LogP contribution in [0.4, 0.5) is 0 Å². The van der Waals surface area contributed by atoms with Crippen molar-refractivity contribution in [1.82, 2.24) is 9.88 Å². The maximum Gasteiger partial charge on any atom is 0.329 e. The molecule has 2 rings (SSSR count). The maximum atomic E-state index is 13.0. The Kier molecular flexibility index (Phi) is 6.65. The molecular weight excluding hydrogens is 368 g/mol. The molecule has 0 saturated carbocycles. The quantitative estimate of drug-likeness (QED) is 0.714. The summed E-state index contributed by atoms with van der Waals surface area (Å²) in [7, 11) is 0. The summed E-state index contributed by atoms with van der Waals surface area (Å²) in [6, 6.07) is 6.65. The van der Waals surface area contributed by atoms with Gasteiger partial charge in [-0.05, 0) is 42.8 Å². The Morgan fingerprint density at radius 3 is 2.41 bits per heavy atom. The fourth-order valence-electron chi connectivity index (χ4n) is 3.11. The molecule has 0 atom stereocenters. The van der Waals surface area contributed by atoms with Gasteiger partial charge in [-0.1, -0.05) is 44.9 Å². The Labute approximate surface area is 163 Å². The number of carboxylic acids is 1. The Morgan fingerprint density at radius 1 is 1.19 bits per heavy atom. The van der Waals surface area contributed by atoms with E-state index < -0.39 is 23.0 Å². The third kappa shape index (κ3) is 4.16. The van der Waals surface area contributed by atoms with E-state index in [1.165, 1.54) is 6.07 Å². The molecule has 0 aliphatic heterocycles. The number of rotatable bonds is 8. The second-order valence-electron chi connectivity index (χ2n) is 6.62. The number of carboxylic acid groups (broad SMARTS) is 1. The summed E-state index contributed by atoms with van der Waals surface area (Å²) >= 11 is 6.08. The third-order valence-electron chi connectivity index (χ3n) is 5.01. The van der Waals surface area contributed by atoms with Gasteiger partial charge in [0, 0.05) is 11.6 Å². The van der Waals surface area contributed by atoms with Gasteiger partial charge in [-0.15, -0.1) is 0 Å². The smallest absolute Gasteiger partial charge is 0.329 e. The third-order valence-corrected chi connectivity index (χ3v) is 5.24. The first-order valence-electron chi connectivity index (χ1n) is 9.18. The minimum absolute atomic E-state index is 0.0616. The zero-order chi connectivity index (χ0) is 20.2. The van der Waals surface area contributed by atoms with Crippen LogP contribution in [0.3, 0.4) is 0 Å². The van der Waals surface area contributed by atoms with Crippen LogP contribution in [0.15, 0.2) is 29.1 Å². The molecule has 7 heteroatoms. The van der Waals surface area contributed by atoms with Gasteiger partial charge in [0.2, 0.25) is 0 Å². The molecule has 0 radical (unpaired) electrons. The van der Waals surface area contributed by atoms with Crippen LogP contribution < -0.4 is 10.9 Å². The molecule has 27 heavy (non-hydrogen) atoms.